The first-order chi connectivity index (χ1) is 11.6. The van der Waals surface area contributed by atoms with Gasteiger partial charge in [0.05, 0.1) is 0 Å². The van der Waals surface area contributed by atoms with E-state index in [0.29, 0.717) is 11.8 Å². The van der Waals surface area contributed by atoms with E-state index in [0.717, 1.165) is 36.0 Å². The molecular weight excluding hydrogens is 296 g/mol. The maximum absolute atomic E-state index is 10.8. The number of carbonyl (C=O) groups is 1. The van der Waals surface area contributed by atoms with Gasteiger partial charge >= 0.3 is 5.97 Å². The number of carboxylic acids is 1. The highest BCUT2D eigenvalue weighted by atomic mass is 16.4. The summed E-state index contributed by atoms with van der Waals surface area (Å²) in [5, 5.41) is 8.88. The maximum Gasteiger partial charge on any atom is 0.303 e. The zero-order valence-corrected chi connectivity index (χ0v) is 15.3. The van der Waals surface area contributed by atoms with E-state index in [-0.39, 0.29) is 0 Å². The number of hydrogen-bond acceptors (Lipinski definition) is 1. The quantitative estimate of drug-likeness (QED) is 0.662. The standard InChI is InChI=1S/C22H34O2/c1-22-14-3-2-6-16(22)9-11-19-18-10-8-15(5-4-7-21(23)24)17(18)12-13-20(19)22/h5,16-20H,2-4,6-14H2,1H3,(H,23,24)/b15-5+. The summed E-state index contributed by atoms with van der Waals surface area (Å²) in [6.07, 6.45) is 17.7. The lowest BCUT2D eigenvalue weighted by molar-refractivity contribution is -0.136. The molecule has 6 unspecified atom stereocenters. The van der Waals surface area contributed by atoms with Crippen molar-refractivity contribution in [3.05, 3.63) is 11.6 Å². The van der Waals surface area contributed by atoms with E-state index in [1.165, 1.54) is 64.2 Å². The van der Waals surface area contributed by atoms with Gasteiger partial charge in [-0.05, 0) is 92.8 Å². The minimum absolute atomic E-state index is 0.298. The third-order valence-electron chi connectivity index (χ3n) is 8.53. The first kappa shape index (κ1) is 16.7. The summed E-state index contributed by atoms with van der Waals surface area (Å²) in [4.78, 5) is 10.8. The fraction of sp³-hybridized carbons (Fsp3) is 0.864. The monoisotopic (exact) mass is 330 g/mol. The fourth-order valence-electron chi connectivity index (χ4n) is 7.43. The molecule has 0 spiro atoms. The van der Waals surface area contributed by atoms with E-state index in [4.69, 9.17) is 5.11 Å². The number of allylic oxidation sites excluding steroid dienone is 2. The lowest BCUT2D eigenvalue weighted by Gasteiger charge is -2.58. The lowest BCUT2D eigenvalue weighted by atomic mass is 9.47. The molecule has 0 saturated heterocycles. The Kier molecular flexibility index (Phi) is 4.51. The van der Waals surface area contributed by atoms with Crippen LogP contribution in [0.25, 0.3) is 0 Å². The SMILES string of the molecule is CC12CCCCC1CCC1C3CC/C(=C\CCC(=O)O)C3CCC12. The molecule has 4 aliphatic carbocycles. The second-order valence-corrected chi connectivity index (χ2v) is 9.39. The Morgan fingerprint density at radius 3 is 2.83 bits per heavy atom. The average Bonchev–Trinajstić information content (AvgIpc) is 2.97. The van der Waals surface area contributed by atoms with Gasteiger partial charge in [-0.15, -0.1) is 0 Å². The molecule has 0 aromatic rings. The van der Waals surface area contributed by atoms with Crippen LogP contribution in [0.2, 0.25) is 0 Å². The molecule has 134 valence electrons. The molecule has 0 radical (unpaired) electrons. The Hall–Kier alpha value is -0.790. The second-order valence-electron chi connectivity index (χ2n) is 9.39. The molecule has 4 aliphatic rings. The normalized spacial score (nSPS) is 46.2. The van der Waals surface area contributed by atoms with Gasteiger partial charge in [0.2, 0.25) is 0 Å². The van der Waals surface area contributed by atoms with Crippen molar-refractivity contribution in [2.75, 3.05) is 0 Å². The summed E-state index contributed by atoms with van der Waals surface area (Å²) >= 11 is 0. The summed E-state index contributed by atoms with van der Waals surface area (Å²) in [5.41, 5.74) is 2.26. The molecular formula is C22H34O2. The van der Waals surface area contributed by atoms with E-state index >= 15 is 0 Å². The van der Waals surface area contributed by atoms with Gasteiger partial charge in [0.1, 0.15) is 0 Å². The van der Waals surface area contributed by atoms with E-state index < -0.39 is 5.97 Å². The topological polar surface area (TPSA) is 37.3 Å². The molecule has 4 rings (SSSR count). The Balaban J connectivity index is 1.48. The van der Waals surface area contributed by atoms with Crippen LogP contribution < -0.4 is 0 Å². The smallest absolute Gasteiger partial charge is 0.303 e. The highest BCUT2D eigenvalue weighted by Crippen LogP contribution is 2.63. The van der Waals surface area contributed by atoms with Crippen molar-refractivity contribution < 1.29 is 9.90 Å². The van der Waals surface area contributed by atoms with Gasteiger partial charge in [-0.25, -0.2) is 0 Å². The van der Waals surface area contributed by atoms with Gasteiger partial charge in [-0.3, -0.25) is 4.79 Å². The van der Waals surface area contributed by atoms with Gasteiger partial charge < -0.3 is 5.11 Å². The molecule has 0 heterocycles. The molecule has 24 heavy (non-hydrogen) atoms. The minimum atomic E-state index is -0.659. The van der Waals surface area contributed by atoms with Crippen LogP contribution in [0.1, 0.15) is 84.0 Å². The first-order valence-corrected chi connectivity index (χ1v) is 10.5. The van der Waals surface area contributed by atoms with Crippen LogP contribution in [0.15, 0.2) is 11.6 Å². The van der Waals surface area contributed by atoms with Crippen molar-refractivity contribution in [3.63, 3.8) is 0 Å². The van der Waals surface area contributed by atoms with Gasteiger partial charge in [0.15, 0.2) is 0 Å². The average molecular weight is 331 g/mol. The van der Waals surface area contributed by atoms with E-state index in [9.17, 15) is 4.79 Å². The largest absolute Gasteiger partial charge is 0.481 e. The summed E-state index contributed by atoms with van der Waals surface area (Å²) in [5.74, 6) is 4.01. The molecule has 1 N–H and O–H groups in total. The number of fused-ring (bicyclic) bond motifs is 5. The molecule has 0 aromatic carbocycles. The van der Waals surface area contributed by atoms with Crippen LogP contribution >= 0.6 is 0 Å². The summed E-state index contributed by atoms with van der Waals surface area (Å²) in [6, 6.07) is 0. The second kappa shape index (κ2) is 6.50. The van der Waals surface area contributed by atoms with Crippen molar-refractivity contribution in [2.24, 2.45) is 35.0 Å². The van der Waals surface area contributed by atoms with Crippen LogP contribution in [0.3, 0.4) is 0 Å². The number of carboxylic acid groups (broad SMARTS) is 1. The van der Waals surface area contributed by atoms with Gasteiger partial charge in [-0.2, -0.15) is 0 Å². The number of rotatable bonds is 3. The minimum Gasteiger partial charge on any atom is -0.481 e. The van der Waals surface area contributed by atoms with Crippen molar-refractivity contribution in [2.45, 2.75) is 84.0 Å². The molecule has 0 aliphatic heterocycles. The van der Waals surface area contributed by atoms with Crippen molar-refractivity contribution >= 4 is 5.97 Å². The molecule has 2 heteroatoms. The fourth-order valence-corrected chi connectivity index (χ4v) is 7.43. The summed E-state index contributed by atoms with van der Waals surface area (Å²) in [6.45, 7) is 2.65. The van der Waals surface area contributed by atoms with Crippen LogP contribution in [-0.2, 0) is 4.79 Å². The Morgan fingerprint density at radius 2 is 2.00 bits per heavy atom. The lowest BCUT2D eigenvalue weighted by Crippen LogP contribution is -2.49. The van der Waals surface area contributed by atoms with Crippen molar-refractivity contribution in [1.29, 1.82) is 0 Å². The summed E-state index contributed by atoms with van der Waals surface area (Å²) in [7, 11) is 0. The van der Waals surface area contributed by atoms with Crippen LogP contribution in [-0.4, -0.2) is 11.1 Å². The van der Waals surface area contributed by atoms with Gasteiger partial charge in [0.25, 0.3) is 0 Å². The molecule has 0 aromatic heterocycles. The number of aliphatic carboxylic acids is 1. The zero-order chi connectivity index (χ0) is 16.7. The van der Waals surface area contributed by atoms with E-state index in [1.54, 1.807) is 5.57 Å². The van der Waals surface area contributed by atoms with Gasteiger partial charge in [0, 0.05) is 6.42 Å². The molecule has 0 bridgehead atoms. The Labute approximate surface area is 147 Å². The van der Waals surface area contributed by atoms with Crippen LogP contribution in [0.4, 0.5) is 0 Å². The molecule has 6 atom stereocenters. The maximum atomic E-state index is 10.8. The van der Waals surface area contributed by atoms with Gasteiger partial charge in [-0.1, -0.05) is 31.4 Å². The Bertz CT molecular complexity index is 522. The predicted octanol–water partition coefficient (Wildman–Crippen LogP) is 5.82. The van der Waals surface area contributed by atoms with E-state index in [2.05, 4.69) is 13.0 Å². The third-order valence-corrected chi connectivity index (χ3v) is 8.53. The highest BCUT2D eigenvalue weighted by Gasteiger charge is 2.54. The molecule has 4 fully saturated rings. The third kappa shape index (κ3) is 2.74. The van der Waals surface area contributed by atoms with Crippen LogP contribution in [0, 0.1) is 35.0 Å². The highest BCUT2D eigenvalue weighted by molar-refractivity contribution is 5.66. The number of hydrogen-bond donors (Lipinski definition) is 1. The molecule has 2 nitrogen and oxygen atoms in total. The predicted molar refractivity (Wildman–Crippen MR) is 96.7 cm³/mol. The van der Waals surface area contributed by atoms with Crippen molar-refractivity contribution in [3.8, 4) is 0 Å². The Morgan fingerprint density at radius 1 is 1.12 bits per heavy atom. The zero-order valence-electron chi connectivity index (χ0n) is 15.3. The molecule has 0 amide bonds. The van der Waals surface area contributed by atoms with Crippen molar-refractivity contribution in [1.82, 2.24) is 0 Å². The first-order valence-electron chi connectivity index (χ1n) is 10.5. The van der Waals surface area contributed by atoms with E-state index in [1.807, 2.05) is 0 Å². The van der Waals surface area contributed by atoms with Crippen LogP contribution in [0.5, 0.6) is 0 Å². The summed E-state index contributed by atoms with van der Waals surface area (Å²) < 4.78 is 0. The molecule has 4 saturated carbocycles.